The van der Waals surface area contributed by atoms with Gasteiger partial charge in [0, 0.05) is 6.54 Å². The summed E-state index contributed by atoms with van der Waals surface area (Å²) >= 11 is 0. The van der Waals surface area contributed by atoms with Gasteiger partial charge in [0.1, 0.15) is 0 Å². The fourth-order valence-electron chi connectivity index (χ4n) is 2.86. The normalized spacial score (nSPS) is 11.4. The molecule has 0 heterocycles. The summed E-state index contributed by atoms with van der Waals surface area (Å²) in [6.07, 6.45) is 4.93. The van der Waals surface area contributed by atoms with Gasteiger partial charge in [-0.15, -0.1) is 0 Å². The number of unbranched alkanes of at least 4 members (excludes halogenated alkanes) is 1. The van der Waals surface area contributed by atoms with Crippen molar-refractivity contribution in [2.24, 2.45) is 0 Å². The van der Waals surface area contributed by atoms with Crippen molar-refractivity contribution in [1.82, 2.24) is 21.3 Å². The molecule has 0 bridgehead atoms. The molecule has 0 saturated carbocycles. The van der Waals surface area contributed by atoms with Crippen molar-refractivity contribution in [3.8, 4) is 0 Å². The molecule has 0 spiro atoms. The molecule has 0 aliphatic heterocycles. The van der Waals surface area contributed by atoms with Crippen LogP contribution in [0.3, 0.4) is 0 Å². The SMILES string of the molecule is CCNCCCNCCCCNCCCNCc1ccc(C(C)C)cc1. The summed E-state index contributed by atoms with van der Waals surface area (Å²) in [5.74, 6) is 0.613. The first-order valence-corrected chi connectivity index (χ1v) is 10.7. The van der Waals surface area contributed by atoms with Crippen LogP contribution in [0.5, 0.6) is 0 Å². The smallest absolute Gasteiger partial charge is 0.0205 e. The Bertz CT molecular complexity index is 417. The van der Waals surface area contributed by atoms with Crippen molar-refractivity contribution < 1.29 is 0 Å². The predicted octanol–water partition coefficient (Wildman–Crippen LogP) is 3.25. The molecule has 0 saturated heterocycles. The van der Waals surface area contributed by atoms with E-state index >= 15 is 0 Å². The lowest BCUT2D eigenvalue weighted by atomic mass is 10.0. The predicted molar refractivity (Wildman–Crippen MR) is 115 cm³/mol. The third kappa shape index (κ3) is 12.4. The van der Waals surface area contributed by atoms with Crippen LogP contribution in [0.15, 0.2) is 24.3 Å². The molecule has 0 radical (unpaired) electrons. The van der Waals surface area contributed by atoms with Gasteiger partial charge in [0.15, 0.2) is 0 Å². The lowest BCUT2D eigenvalue weighted by Crippen LogP contribution is -2.24. The Morgan fingerprint density at radius 3 is 1.69 bits per heavy atom. The molecule has 0 amide bonds. The zero-order chi connectivity index (χ0) is 18.9. The molecule has 4 N–H and O–H groups in total. The van der Waals surface area contributed by atoms with E-state index in [2.05, 4.69) is 66.3 Å². The first kappa shape index (κ1) is 23.1. The van der Waals surface area contributed by atoms with E-state index < -0.39 is 0 Å². The summed E-state index contributed by atoms with van der Waals surface area (Å²) in [6.45, 7) is 15.4. The monoisotopic (exact) mass is 362 g/mol. The van der Waals surface area contributed by atoms with Crippen LogP contribution < -0.4 is 21.3 Å². The third-order valence-corrected chi connectivity index (χ3v) is 4.60. The van der Waals surface area contributed by atoms with Gasteiger partial charge in [0.25, 0.3) is 0 Å². The second kappa shape index (κ2) is 16.2. The van der Waals surface area contributed by atoms with Crippen LogP contribution >= 0.6 is 0 Å². The van der Waals surface area contributed by atoms with E-state index in [0.29, 0.717) is 5.92 Å². The van der Waals surface area contributed by atoms with Crippen molar-refractivity contribution in [3.05, 3.63) is 35.4 Å². The largest absolute Gasteiger partial charge is 0.317 e. The highest BCUT2D eigenvalue weighted by Gasteiger charge is 1.98. The van der Waals surface area contributed by atoms with Crippen molar-refractivity contribution >= 4 is 0 Å². The van der Waals surface area contributed by atoms with Gasteiger partial charge >= 0.3 is 0 Å². The number of rotatable bonds is 17. The quantitative estimate of drug-likeness (QED) is 0.321. The van der Waals surface area contributed by atoms with Gasteiger partial charge in [-0.25, -0.2) is 0 Å². The van der Waals surface area contributed by atoms with E-state index in [1.165, 1.54) is 36.8 Å². The van der Waals surface area contributed by atoms with Gasteiger partial charge in [0.05, 0.1) is 0 Å². The number of hydrogen-bond acceptors (Lipinski definition) is 4. The van der Waals surface area contributed by atoms with E-state index in [4.69, 9.17) is 0 Å². The van der Waals surface area contributed by atoms with E-state index in [9.17, 15) is 0 Å². The molecular formula is C22H42N4. The fraction of sp³-hybridized carbons (Fsp3) is 0.727. The summed E-state index contributed by atoms with van der Waals surface area (Å²) < 4.78 is 0. The van der Waals surface area contributed by atoms with Crippen LogP contribution in [-0.4, -0.2) is 45.8 Å². The molecule has 0 fully saturated rings. The van der Waals surface area contributed by atoms with Crippen molar-refractivity contribution in [2.45, 2.75) is 58.9 Å². The summed E-state index contributed by atoms with van der Waals surface area (Å²) in [6, 6.07) is 8.99. The lowest BCUT2D eigenvalue weighted by Gasteiger charge is -2.09. The number of benzene rings is 1. The molecule has 4 heteroatoms. The average molecular weight is 363 g/mol. The van der Waals surface area contributed by atoms with Crippen LogP contribution in [0, 0.1) is 0 Å². The summed E-state index contributed by atoms with van der Waals surface area (Å²) in [7, 11) is 0. The van der Waals surface area contributed by atoms with Crippen LogP contribution in [0.2, 0.25) is 0 Å². The topological polar surface area (TPSA) is 48.1 Å². The maximum Gasteiger partial charge on any atom is 0.0205 e. The Balaban J connectivity index is 1.82. The standard InChI is InChI=1S/C22H42N4/c1-4-23-15-7-16-24-13-5-6-14-25-17-8-18-26-19-21-9-11-22(12-10-21)20(2)3/h9-12,20,23-26H,4-8,13-19H2,1-3H3. The number of nitrogens with one attached hydrogen (secondary N) is 4. The van der Waals surface area contributed by atoms with Gasteiger partial charge in [0.2, 0.25) is 0 Å². The highest BCUT2D eigenvalue weighted by molar-refractivity contribution is 5.24. The highest BCUT2D eigenvalue weighted by Crippen LogP contribution is 2.14. The second-order valence-corrected chi connectivity index (χ2v) is 7.34. The van der Waals surface area contributed by atoms with Gasteiger partial charge in [-0.3, -0.25) is 0 Å². The highest BCUT2D eigenvalue weighted by atomic mass is 14.9. The molecule has 26 heavy (non-hydrogen) atoms. The maximum absolute atomic E-state index is 3.55. The Kier molecular flexibility index (Phi) is 14.4. The van der Waals surface area contributed by atoms with Gasteiger partial charge < -0.3 is 21.3 Å². The zero-order valence-electron chi connectivity index (χ0n) is 17.4. The van der Waals surface area contributed by atoms with Gasteiger partial charge in [-0.2, -0.15) is 0 Å². The van der Waals surface area contributed by atoms with Crippen LogP contribution in [0.1, 0.15) is 63.5 Å². The molecule has 150 valence electrons. The molecule has 0 aliphatic carbocycles. The average Bonchev–Trinajstić information content (AvgIpc) is 2.65. The first-order chi connectivity index (χ1) is 12.7. The van der Waals surface area contributed by atoms with Gasteiger partial charge in [-0.1, -0.05) is 45.0 Å². The molecular weight excluding hydrogens is 320 g/mol. The van der Waals surface area contributed by atoms with Crippen molar-refractivity contribution in [3.63, 3.8) is 0 Å². The Morgan fingerprint density at radius 2 is 1.15 bits per heavy atom. The molecule has 1 rings (SSSR count). The molecule has 0 aromatic heterocycles. The zero-order valence-corrected chi connectivity index (χ0v) is 17.4. The minimum Gasteiger partial charge on any atom is -0.317 e. The molecule has 0 aliphatic rings. The van der Waals surface area contributed by atoms with E-state index in [0.717, 1.165) is 52.4 Å². The van der Waals surface area contributed by atoms with E-state index in [1.807, 2.05) is 0 Å². The van der Waals surface area contributed by atoms with Gasteiger partial charge in [-0.05, 0) is 88.5 Å². The van der Waals surface area contributed by atoms with Crippen LogP contribution in [0.4, 0.5) is 0 Å². The number of hydrogen-bond donors (Lipinski definition) is 4. The first-order valence-electron chi connectivity index (χ1n) is 10.7. The molecule has 0 unspecified atom stereocenters. The van der Waals surface area contributed by atoms with Crippen molar-refractivity contribution in [1.29, 1.82) is 0 Å². The van der Waals surface area contributed by atoms with E-state index in [1.54, 1.807) is 0 Å². The minimum absolute atomic E-state index is 0.613. The van der Waals surface area contributed by atoms with Crippen LogP contribution in [0.25, 0.3) is 0 Å². The maximum atomic E-state index is 3.55. The Morgan fingerprint density at radius 1 is 0.654 bits per heavy atom. The summed E-state index contributed by atoms with van der Waals surface area (Å²) in [5, 5.41) is 13.9. The summed E-state index contributed by atoms with van der Waals surface area (Å²) in [5.41, 5.74) is 2.79. The van der Waals surface area contributed by atoms with E-state index in [-0.39, 0.29) is 0 Å². The van der Waals surface area contributed by atoms with Crippen LogP contribution in [-0.2, 0) is 6.54 Å². The molecule has 4 nitrogen and oxygen atoms in total. The fourth-order valence-corrected chi connectivity index (χ4v) is 2.86. The van der Waals surface area contributed by atoms with Crippen molar-refractivity contribution in [2.75, 3.05) is 45.8 Å². The molecule has 1 aromatic carbocycles. The lowest BCUT2D eigenvalue weighted by molar-refractivity contribution is 0.549. The summed E-state index contributed by atoms with van der Waals surface area (Å²) in [4.78, 5) is 0. The third-order valence-electron chi connectivity index (χ3n) is 4.60. The molecule has 0 atom stereocenters. The Labute approximate surface area is 161 Å². The second-order valence-electron chi connectivity index (χ2n) is 7.34. The minimum atomic E-state index is 0.613. The Hall–Kier alpha value is -0.940. The molecule has 1 aromatic rings.